The molecule has 14 nitrogen and oxygen atoms in total. The van der Waals surface area contributed by atoms with Crippen molar-refractivity contribution in [1.82, 2.24) is 16.0 Å². The predicted molar refractivity (Wildman–Crippen MR) is 159 cm³/mol. The van der Waals surface area contributed by atoms with Crippen LogP contribution in [0.15, 0.2) is 60.7 Å². The van der Waals surface area contributed by atoms with Crippen molar-refractivity contribution in [3.63, 3.8) is 0 Å². The number of benzene rings is 2. The highest BCUT2D eigenvalue weighted by molar-refractivity contribution is 5.90. The van der Waals surface area contributed by atoms with Gasteiger partial charge in [-0.3, -0.25) is 20.2 Å². The van der Waals surface area contributed by atoms with Crippen LogP contribution in [0.3, 0.4) is 0 Å². The van der Waals surface area contributed by atoms with Crippen molar-refractivity contribution in [2.24, 2.45) is 5.73 Å². The number of hydrogen-bond donors (Lipinski definition) is 7. The molecule has 2 aliphatic rings. The van der Waals surface area contributed by atoms with Gasteiger partial charge in [0.25, 0.3) is 5.91 Å². The molecular formula is C30H38N6O8. The first kappa shape index (κ1) is 32.1. The molecule has 0 aliphatic heterocycles. The summed E-state index contributed by atoms with van der Waals surface area (Å²) in [7, 11) is 0. The van der Waals surface area contributed by atoms with Gasteiger partial charge >= 0.3 is 18.2 Å². The van der Waals surface area contributed by atoms with E-state index >= 15 is 0 Å². The molecule has 2 aromatic rings. The van der Waals surface area contributed by atoms with Crippen molar-refractivity contribution in [1.29, 1.82) is 0 Å². The van der Waals surface area contributed by atoms with Crippen LogP contribution in [0.2, 0.25) is 0 Å². The molecule has 6 amide bonds. The van der Waals surface area contributed by atoms with Gasteiger partial charge in [-0.1, -0.05) is 55.7 Å². The van der Waals surface area contributed by atoms with E-state index in [2.05, 4.69) is 26.6 Å². The Bertz CT molecular complexity index is 1310. The fraction of sp³-hybridized carbons (Fsp3) is 0.433. The van der Waals surface area contributed by atoms with Crippen LogP contribution >= 0.6 is 0 Å². The molecule has 0 saturated heterocycles. The lowest BCUT2D eigenvalue weighted by Crippen LogP contribution is -2.65. The van der Waals surface area contributed by atoms with Gasteiger partial charge in [-0.2, -0.15) is 0 Å². The van der Waals surface area contributed by atoms with Gasteiger partial charge in [-0.15, -0.1) is 0 Å². The highest BCUT2D eigenvalue weighted by atomic mass is 16.6. The number of para-hydroxylation sites is 2. The van der Waals surface area contributed by atoms with E-state index in [1.165, 1.54) is 0 Å². The van der Waals surface area contributed by atoms with Gasteiger partial charge in [0.15, 0.2) is 6.10 Å². The van der Waals surface area contributed by atoms with Gasteiger partial charge in [-0.25, -0.2) is 14.4 Å². The van der Waals surface area contributed by atoms with Crippen molar-refractivity contribution in [2.75, 3.05) is 17.2 Å². The van der Waals surface area contributed by atoms with E-state index in [1.807, 2.05) is 0 Å². The Labute approximate surface area is 254 Å². The molecule has 236 valence electrons. The number of amides is 6. The van der Waals surface area contributed by atoms with Gasteiger partial charge in [-0.05, 0) is 37.1 Å². The first-order valence-corrected chi connectivity index (χ1v) is 14.5. The lowest BCUT2D eigenvalue weighted by atomic mass is 9.77. The maximum atomic E-state index is 13.1. The topological polar surface area (TPSA) is 210 Å². The summed E-state index contributed by atoms with van der Waals surface area (Å²) in [5.41, 5.74) is 3.75. The maximum absolute atomic E-state index is 13.1. The minimum absolute atomic E-state index is 0.0745. The molecule has 2 aliphatic carbocycles. The summed E-state index contributed by atoms with van der Waals surface area (Å²) in [5.74, 6) is -1.81. The lowest BCUT2D eigenvalue weighted by Gasteiger charge is -2.44. The summed E-state index contributed by atoms with van der Waals surface area (Å²) < 4.78 is 11.4. The van der Waals surface area contributed by atoms with Crippen molar-refractivity contribution in [2.45, 2.75) is 74.8 Å². The SMILES string of the molecule is NC(=O)CNC(=O)C1(O)CC(NC(=O)NC2CCCCC2)C(OC(=O)Nc2ccccc2)C(OC(=O)Nc2ccccc2)C1. The van der Waals surface area contributed by atoms with Crippen molar-refractivity contribution < 1.29 is 38.6 Å². The van der Waals surface area contributed by atoms with Crippen molar-refractivity contribution >= 4 is 41.4 Å². The van der Waals surface area contributed by atoms with Crippen molar-refractivity contribution in [3.8, 4) is 0 Å². The normalized spacial score (nSPS) is 23.3. The zero-order valence-corrected chi connectivity index (χ0v) is 24.1. The first-order chi connectivity index (χ1) is 21.1. The number of carbonyl (C=O) groups is 5. The molecule has 0 radical (unpaired) electrons. The average molecular weight is 611 g/mol. The number of urea groups is 1. The third kappa shape index (κ3) is 9.33. The van der Waals surface area contributed by atoms with Gasteiger partial charge in [0, 0.05) is 30.3 Å². The average Bonchev–Trinajstić information content (AvgIpc) is 2.99. The molecule has 0 bridgehead atoms. The monoisotopic (exact) mass is 610 g/mol. The van der Waals surface area contributed by atoms with Crippen molar-refractivity contribution in [3.05, 3.63) is 60.7 Å². The van der Waals surface area contributed by atoms with Crippen LogP contribution in [0.5, 0.6) is 0 Å². The Morgan fingerprint density at radius 3 is 1.93 bits per heavy atom. The second-order valence-corrected chi connectivity index (χ2v) is 10.9. The highest BCUT2D eigenvalue weighted by Crippen LogP contribution is 2.34. The molecule has 0 heterocycles. The Balaban J connectivity index is 1.59. The number of carbonyl (C=O) groups excluding carboxylic acids is 5. The largest absolute Gasteiger partial charge is 0.442 e. The molecule has 0 aromatic heterocycles. The van der Waals surface area contributed by atoms with E-state index in [9.17, 15) is 29.1 Å². The summed E-state index contributed by atoms with van der Waals surface area (Å²) in [5, 5.41) is 24.5. The summed E-state index contributed by atoms with van der Waals surface area (Å²) in [6.07, 6.45) is -0.980. The maximum Gasteiger partial charge on any atom is 0.412 e. The second-order valence-electron chi connectivity index (χ2n) is 10.9. The van der Waals surface area contributed by atoms with Crippen LogP contribution in [0.1, 0.15) is 44.9 Å². The van der Waals surface area contributed by atoms with E-state index in [-0.39, 0.29) is 6.04 Å². The zero-order valence-electron chi connectivity index (χ0n) is 24.1. The van der Waals surface area contributed by atoms with Gasteiger partial charge in [0.2, 0.25) is 5.91 Å². The van der Waals surface area contributed by atoms with Crippen LogP contribution in [0, 0.1) is 0 Å². The van der Waals surface area contributed by atoms with E-state index < -0.39 is 73.3 Å². The molecule has 44 heavy (non-hydrogen) atoms. The number of rotatable bonds is 9. The Kier molecular flexibility index (Phi) is 11.0. The van der Waals surface area contributed by atoms with Crippen LogP contribution in [0.4, 0.5) is 25.8 Å². The summed E-state index contributed by atoms with van der Waals surface area (Å²) in [6.45, 7) is -0.555. The Morgan fingerprint density at radius 2 is 1.36 bits per heavy atom. The van der Waals surface area contributed by atoms with Gasteiger partial charge in [0.1, 0.15) is 11.7 Å². The third-order valence-corrected chi connectivity index (χ3v) is 7.50. The lowest BCUT2D eigenvalue weighted by molar-refractivity contribution is -0.157. The Hall–Kier alpha value is -4.85. The van der Waals surface area contributed by atoms with Crippen LogP contribution in [-0.2, 0) is 19.1 Å². The fourth-order valence-electron chi connectivity index (χ4n) is 5.43. The minimum atomic E-state index is -2.24. The fourth-order valence-corrected chi connectivity index (χ4v) is 5.43. The van der Waals surface area contributed by atoms with E-state index in [4.69, 9.17) is 15.2 Å². The van der Waals surface area contributed by atoms with E-state index in [0.29, 0.717) is 11.4 Å². The number of ether oxygens (including phenoxy) is 2. The molecule has 0 spiro atoms. The molecular weight excluding hydrogens is 572 g/mol. The zero-order chi connectivity index (χ0) is 31.5. The summed E-state index contributed by atoms with van der Waals surface area (Å²) >= 11 is 0. The molecule has 8 N–H and O–H groups in total. The number of primary amides is 1. The number of nitrogens with one attached hydrogen (secondary N) is 5. The van der Waals surface area contributed by atoms with Crippen LogP contribution in [-0.4, -0.2) is 71.6 Å². The van der Waals surface area contributed by atoms with Gasteiger partial charge in [0.05, 0.1) is 12.6 Å². The number of hydrogen-bond acceptors (Lipinski definition) is 8. The molecule has 2 fully saturated rings. The molecule has 4 rings (SSSR count). The van der Waals surface area contributed by atoms with Crippen LogP contribution < -0.4 is 32.3 Å². The number of aliphatic hydroxyl groups is 1. The molecule has 2 saturated carbocycles. The molecule has 14 heteroatoms. The first-order valence-electron chi connectivity index (χ1n) is 14.5. The quantitative estimate of drug-likeness (QED) is 0.223. The second kappa shape index (κ2) is 15.0. The number of anilines is 2. The molecule has 4 unspecified atom stereocenters. The van der Waals surface area contributed by atoms with Crippen LogP contribution in [0.25, 0.3) is 0 Å². The third-order valence-electron chi connectivity index (χ3n) is 7.50. The predicted octanol–water partition coefficient (Wildman–Crippen LogP) is 2.35. The van der Waals surface area contributed by atoms with E-state index in [1.54, 1.807) is 60.7 Å². The smallest absolute Gasteiger partial charge is 0.412 e. The van der Waals surface area contributed by atoms with Gasteiger partial charge < -0.3 is 36.3 Å². The molecule has 2 aromatic carbocycles. The Morgan fingerprint density at radius 1 is 0.795 bits per heavy atom. The summed E-state index contributed by atoms with van der Waals surface area (Å²) in [6, 6.07) is 15.0. The standard InChI is InChI=1S/C30H38N6O8/c31-24(37)18-32-26(38)30(42)16-22(36-27(39)33-19-10-4-1-5-11-19)25(44-29(41)35-21-14-8-3-9-15-21)23(17-30)43-28(40)34-20-12-6-2-7-13-20/h2-3,6-9,12-15,19,22-23,25,42H,1,4-5,10-11,16-18H2,(H2,31,37)(H,32,38)(H,34,40)(H,35,41)(H2,33,36,39). The summed E-state index contributed by atoms with van der Waals surface area (Å²) in [4.78, 5) is 63.5. The highest BCUT2D eigenvalue weighted by Gasteiger charge is 2.53. The minimum Gasteiger partial charge on any atom is -0.442 e. The molecule has 4 atom stereocenters. The van der Waals surface area contributed by atoms with E-state index in [0.717, 1.165) is 32.1 Å². The number of nitrogens with two attached hydrogens (primary N) is 1.